The second-order valence-electron chi connectivity index (χ2n) is 2.41. The van der Waals surface area contributed by atoms with Crippen molar-refractivity contribution >= 4 is 11.8 Å². The molecule has 0 fully saturated rings. The van der Waals surface area contributed by atoms with E-state index in [1.165, 1.54) is 25.7 Å². The summed E-state index contributed by atoms with van der Waals surface area (Å²) in [5.74, 6) is 0. The first kappa shape index (κ1) is 9.35. The lowest BCUT2D eigenvalue weighted by Gasteiger charge is -2.09. The summed E-state index contributed by atoms with van der Waals surface area (Å²) in [7, 11) is 0. The molecular formula is C8H18S. The topological polar surface area (TPSA) is 0 Å². The highest BCUT2D eigenvalue weighted by molar-refractivity contribution is 7.99. The number of thioether (sulfide) groups is 1. The molecule has 0 nitrogen and oxygen atoms in total. The van der Waals surface area contributed by atoms with Crippen molar-refractivity contribution in [2.45, 2.75) is 44.8 Å². The monoisotopic (exact) mass is 146 g/mol. The van der Waals surface area contributed by atoms with Crippen molar-refractivity contribution in [1.82, 2.24) is 0 Å². The molecule has 0 rings (SSSR count). The molecule has 0 heterocycles. The molecule has 0 amide bonds. The summed E-state index contributed by atoms with van der Waals surface area (Å²) < 4.78 is 0. The Hall–Kier alpha value is 0.350. The molecule has 0 saturated heterocycles. The van der Waals surface area contributed by atoms with E-state index in [-0.39, 0.29) is 0 Å². The van der Waals surface area contributed by atoms with Gasteiger partial charge < -0.3 is 0 Å². The summed E-state index contributed by atoms with van der Waals surface area (Å²) in [6, 6.07) is 0. The zero-order chi connectivity index (χ0) is 7.11. The minimum Gasteiger partial charge on any atom is -0.162 e. The molecule has 1 unspecified atom stereocenters. The van der Waals surface area contributed by atoms with Crippen molar-refractivity contribution in [3.8, 4) is 0 Å². The third-order valence-electron chi connectivity index (χ3n) is 1.67. The molecule has 0 radical (unpaired) electrons. The van der Waals surface area contributed by atoms with Crippen LogP contribution >= 0.6 is 11.8 Å². The maximum atomic E-state index is 2.27. The predicted molar refractivity (Wildman–Crippen MR) is 47.1 cm³/mol. The molecule has 0 aromatic carbocycles. The van der Waals surface area contributed by atoms with Crippen LogP contribution in [-0.2, 0) is 0 Å². The second-order valence-corrected chi connectivity index (χ2v) is 3.55. The smallest absolute Gasteiger partial charge is 0.00416 e. The van der Waals surface area contributed by atoms with Crippen LogP contribution in [0.3, 0.4) is 0 Å². The van der Waals surface area contributed by atoms with Crippen molar-refractivity contribution in [2.24, 2.45) is 0 Å². The van der Waals surface area contributed by atoms with E-state index in [0.29, 0.717) is 0 Å². The van der Waals surface area contributed by atoms with E-state index in [0.717, 1.165) is 5.25 Å². The molecule has 0 aromatic heterocycles. The molecule has 0 aliphatic rings. The molecule has 56 valence electrons. The van der Waals surface area contributed by atoms with Gasteiger partial charge >= 0.3 is 0 Å². The summed E-state index contributed by atoms with van der Waals surface area (Å²) in [5, 5.41) is 0.921. The van der Waals surface area contributed by atoms with Crippen LogP contribution in [0.25, 0.3) is 0 Å². The van der Waals surface area contributed by atoms with E-state index in [2.05, 4.69) is 20.1 Å². The Labute approximate surface area is 63.4 Å². The van der Waals surface area contributed by atoms with E-state index in [1.54, 1.807) is 0 Å². The number of unbranched alkanes of at least 4 members (excludes halogenated alkanes) is 1. The summed E-state index contributed by atoms with van der Waals surface area (Å²) >= 11 is 2.01. The highest BCUT2D eigenvalue weighted by atomic mass is 32.2. The van der Waals surface area contributed by atoms with Crippen LogP contribution in [0.5, 0.6) is 0 Å². The average Bonchev–Trinajstić information content (AvgIpc) is 1.91. The zero-order valence-corrected chi connectivity index (χ0v) is 7.63. The molecule has 9 heavy (non-hydrogen) atoms. The van der Waals surface area contributed by atoms with Gasteiger partial charge in [0.1, 0.15) is 0 Å². The van der Waals surface area contributed by atoms with Gasteiger partial charge in [0, 0.05) is 5.25 Å². The van der Waals surface area contributed by atoms with Crippen molar-refractivity contribution in [2.75, 3.05) is 6.26 Å². The Morgan fingerprint density at radius 2 is 2.00 bits per heavy atom. The SMILES string of the molecule is CCCCC(CC)SC. The minimum absolute atomic E-state index is 0.921. The zero-order valence-electron chi connectivity index (χ0n) is 6.81. The maximum Gasteiger partial charge on any atom is 0.00416 e. The van der Waals surface area contributed by atoms with Gasteiger partial charge in [-0.2, -0.15) is 11.8 Å². The van der Waals surface area contributed by atoms with Crippen LogP contribution < -0.4 is 0 Å². The Morgan fingerprint density at radius 3 is 2.33 bits per heavy atom. The molecule has 0 aromatic rings. The first-order valence-corrected chi connectivity index (χ1v) is 5.16. The lowest BCUT2D eigenvalue weighted by atomic mass is 10.2. The summed E-state index contributed by atoms with van der Waals surface area (Å²) in [6.07, 6.45) is 7.70. The number of hydrogen-bond acceptors (Lipinski definition) is 1. The van der Waals surface area contributed by atoms with Gasteiger partial charge in [0.05, 0.1) is 0 Å². The standard InChI is InChI=1S/C8H18S/c1-4-6-7-8(5-2)9-3/h8H,4-7H2,1-3H3. The van der Waals surface area contributed by atoms with Crippen LogP contribution in [0.1, 0.15) is 39.5 Å². The first-order valence-electron chi connectivity index (χ1n) is 3.87. The van der Waals surface area contributed by atoms with Crippen LogP contribution in [-0.4, -0.2) is 11.5 Å². The summed E-state index contributed by atoms with van der Waals surface area (Å²) in [4.78, 5) is 0. The largest absolute Gasteiger partial charge is 0.162 e. The Bertz CT molecular complexity index is 48.5. The molecule has 0 saturated carbocycles. The van der Waals surface area contributed by atoms with Gasteiger partial charge in [-0.15, -0.1) is 0 Å². The van der Waals surface area contributed by atoms with Gasteiger partial charge in [-0.1, -0.05) is 26.7 Å². The fourth-order valence-electron chi connectivity index (χ4n) is 0.920. The lowest BCUT2D eigenvalue weighted by Crippen LogP contribution is -1.98. The molecule has 0 N–H and O–H groups in total. The molecular weight excluding hydrogens is 128 g/mol. The van der Waals surface area contributed by atoms with Crippen LogP contribution in [0.15, 0.2) is 0 Å². The number of hydrogen-bond donors (Lipinski definition) is 0. The van der Waals surface area contributed by atoms with Gasteiger partial charge in [0.2, 0.25) is 0 Å². The highest BCUT2D eigenvalue weighted by Crippen LogP contribution is 2.16. The lowest BCUT2D eigenvalue weighted by molar-refractivity contribution is 0.671. The number of rotatable bonds is 5. The predicted octanol–water partition coefficient (Wildman–Crippen LogP) is 3.32. The maximum absolute atomic E-state index is 2.27. The minimum atomic E-state index is 0.921. The molecule has 0 aliphatic carbocycles. The molecule has 0 bridgehead atoms. The molecule has 0 spiro atoms. The van der Waals surface area contributed by atoms with Crippen LogP contribution in [0.2, 0.25) is 0 Å². The van der Waals surface area contributed by atoms with Crippen molar-refractivity contribution < 1.29 is 0 Å². The van der Waals surface area contributed by atoms with Crippen molar-refractivity contribution in [1.29, 1.82) is 0 Å². The van der Waals surface area contributed by atoms with Gasteiger partial charge in [-0.05, 0) is 19.1 Å². The molecule has 0 aliphatic heterocycles. The van der Waals surface area contributed by atoms with Crippen molar-refractivity contribution in [3.05, 3.63) is 0 Å². The van der Waals surface area contributed by atoms with Crippen LogP contribution in [0, 0.1) is 0 Å². The normalized spacial score (nSPS) is 13.7. The Kier molecular flexibility index (Phi) is 6.72. The Balaban J connectivity index is 3.09. The van der Waals surface area contributed by atoms with E-state index in [4.69, 9.17) is 0 Å². The molecule has 1 heteroatoms. The third kappa shape index (κ3) is 4.83. The van der Waals surface area contributed by atoms with Gasteiger partial charge in [0.15, 0.2) is 0 Å². The van der Waals surface area contributed by atoms with Crippen LogP contribution in [0.4, 0.5) is 0 Å². The first-order chi connectivity index (χ1) is 4.35. The quantitative estimate of drug-likeness (QED) is 0.573. The highest BCUT2D eigenvalue weighted by Gasteiger charge is 2.00. The van der Waals surface area contributed by atoms with Crippen molar-refractivity contribution in [3.63, 3.8) is 0 Å². The fourth-order valence-corrected chi connectivity index (χ4v) is 1.66. The Morgan fingerprint density at radius 1 is 1.33 bits per heavy atom. The second kappa shape index (κ2) is 6.47. The van der Waals surface area contributed by atoms with E-state index in [1.807, 2.05) is 11.8 Å². The average molecular weight is 146 g/mol. The summed E-state index contributed by atoms with van der Waals surface area (Å²) in [6.45, 7) is 4.53. The van der Waals surface area contributed by atoms with E-state index in [9.17, 15) is 0 Å². The van der Waals surface area contributed by atoms with E-state index >= 15 is 0 Å². The third-order valence-corrected chi connectivity index (χ3v) is 2.90. The van der Waals surface area contributed by atoms with Gasteiger partial charge in [-0.3, -0.25) is 0 Å². The summed E-state index contributed by atoms with van der Waals surface area (Å²) in [5.41, 5.74) is 0. The van der Waals surface area contributed by atoms with Gasteiger partial charge in [0.25, 0.3) is 0 Å². The van der Waals surface area contributed by atoms with Gasteiger partial charge in [-0.25, -0.2) is 0 Å². The van der Waals surface area contributed by atoms with E-state index < -0.39 is 0 Å². The fraction of sp³-hybridized carbons (Fsp3) is 1.00. The molecule has 1 atom stereocenters.